The van der Waals surface area contributed by atoms with Crippen molar-refractivity contribution in [1.82, 2.24) is 24.7 Å². The summed E-state index contributed by atoms with van der Waals surface area (Å²) in [6.45, 7) is 8.38. The third kappa shape index (κ3) is 8.68. The highest BCUT2D eigenvalue weighted by Gasteiger charge is 2.26. The molecule has 2 heterocycles. The van der Waals surface area contributed by atoms with E-state index < -0.39 is 23.5 Å². The molecule has 5 N–H and O–H groups in total. The van der Waals surface area contributed by atoms with Crippen LogP contribution < -0.4 is 26.2 Å². The molecule has 0 aliphatic rings. The number of aryl methyl sites for hydroxylation is 1. The second-order valence-electron chi connectivity index (χ2n) is 7.93. The minimum atomic E-state index is -0.851. The van der Waals surface area contributed by atoms with Crippen molar-refractivity contribution in [2.24, 2.45) is 5.73 Å². The SMILES string of the molecule is C=CN.CC(=O)O.CCOc1cc(C(Nc2ccc(C)cc2)c2nn(-c3ncccn3)c(=O)[nH]2)c(F)cc1OC. The predicted molar refractivity (Wildman–Crippen MR) is 148 cm³/mol. The third-order valence-corrected chi connectivity index (χ3v) is 4.91. The standard InChI is InChI=1S/C23H23FN6O3.C2H5N.C2H4O2/c1-4-33-19-12-16(17(24)13-18(19)32-3)20(27-15-8-6-14(2)7-9-15)21-28-23(31)30(29-21)22-25-10-5-11-26-22;1-2-3;1-2(3)4/h5-13,20,27H,4H2,1-3H3,(H,28,29,31);2H,1,3H2;1H3,(H,3,4). The monoisotopic (exact) mass is 553 g/mol. The fourth-order valence-electron chi connectivity index (χ4n) is 3.32. The van der Waals surface area contributed by atoms with Crippen LogP contribution in [-0.4, -0.2) is 49.5 Å². The average Bonchev–Trinajstić information content (AvgIpc) is 3.31. The quantitative estimate of drug-likeness (QED) is 0.253. The summed E-state index contributed by atoms with van der Waals surface area (Å²) in [6, 6.07) is 11.1. The van der Waals surface area contributed by atoms with Gasteiger partial charge in [0.2, 0.25) is 0 Å². The molecule has 0 spiro atoms. The third-order valence-electron chi connectivity index (χ3n) is 4.91. The lowest BCUT2D eigenvalue weighted by molar-refractivity contribution is -0.134. The van der Waals surface area contributed by atoms with Gasteiger partial charge in [0.15, 0.2) is 17.3 Å². The van der Waals surface area contributed by atoms with Crippen molar-refractivity contribution in [1.29, 1.82) is 0 Å². The number of aromatic nitrogens is 5. The van der Waals surface area contributed by atoms with Gasteiger partial charge in [0, 0.05) is 36.6 Å². The van der Waals surface area contributed by atoms with E-state index in [0.717, 1.165) is 17.2 Å². The lowest BCUT2D eigenvalue weighted by atomic mass is 10.0. The number of nitrogens with two attached hydrogens (primary N) is 1. The van der Waals surface area contributed by atoms with E-state index in [9.17, 15) is 4.79 Å². The van der Waals surface area contributed by atoms with Crippen LogP contribution in [0.5, 0.6) is 11.5 Å². The van der Waals surface area contributed by atoms with Crippen LogP contribution in [0.4, 0.5) is 10.1 Å². The van der Waals surface area contributed by atoms with Gasteiger partial charge >= 0.3 is 5.69 Å². The van der Waals surface area contributed by atoms with Crippen molar-refractivity contribution in [3.8, 4) is 17.4 Å². The number of nitrogens with one attached hydrogen (secondary N) is 2. The molecule has 212 valence electrons. The Morgan fingerprint density at radius 2 is 1.85 bits per heavy atom. The van der Waals surface area contributed by atoms with Gasteiger partial charge in [-0.05, 0) is 44.3 Å². The lowest BCUT2D eigenvalue weighted by Gasteiger charge is -2.21. The summed E-state index contributed by atoms with van der Waals surface area (Å²) >= 11 is 0. The van der Waals surface area contributed by atoms with Gasteiger partial charge in [-0.25, -0.2) is 19.2 Å². The zero-order valence-corrected chi connectivity index (χ0v) is 22.6. The van der Waals surface area contributed by atoms with E-state index in [1.165, 1.54) is 31.8 Å². The number of carboxylic acids is 1. The number of aromatic amines is 1. The van der Waals surface area contributed by atoms with Gasteiger partial charge in [0.05, 0.1) is 13.7 Å². The maximum Gasteiger partial charge on any atom is 0.350 e. The van der Waals surface area contributed by atoms with Crippen LogP contribution >= 0.6 is 0 Å². The second-order valence-corrected chi connectivity index (χ2v) is 7.93. The molecule has 0 radical (unpaired) electrons. The summed E-state index contributed by atoms with van der Waals surface area (Å²) in [7, 11) is 1.44. The molecule has 12 nitrogen and oxygen atoms in total. The minimum Gasteiger partial charge on any atom is -0.493 e. The van der Waals surface area contributed by atoms with E-state index in [1.807, 2.05) is 38.1 Å². The second kappa shape index (κ2) is 15.3. The Hall–Kier alpha value is -5.20. The Bertz CT molecular complexity index is 1440. The molecule has 4 rings (SSSR count). The van der Waals surface area contributed by atoms with Gasteiger partial charge in [0.25, 0.3) is 11.9 Å². The van der Waals surface area contributed by atoms with Crippen molar-refractivity contribution in [2.75, 3.05) is 19.0 Å². The molecule has 0 aliphatic carbocycles. The number of hydrogen-bond acceptors (Lipinski definition) is 9. The van der Waals surface area contributed by atoms with Gasteiger partial charge in [-0.15, -0.1) is 9.78 Å². The van der Waals surface area contributed by atoms with E-state index in [2.05, 4.69) is 37.7 Å². The van der Waals surface area contributed by atoms with E-state index in [-0.39, 0.29) is 23.1 Å². The number of aliphatic carboxylic acids is 1. The first-order valence-electron chi connectivity index (χ1n) is 12.0. The number of benzene rings is 2. The summed E-state index contributed by atoms with van der Waals surface area (Å²) in [5.41, 5.74) is 6.07. The van der Waals surface area contributed by atoms with Crippen LogP contribution in [0.3, 0.4) is 0 Å². The van der Waals surface area contributed by atoms with Crippen LogP contribution in [0.2, 0.25) is 0 Å². The van der Waals surface area contributed by atoms with Crippen LogP contribution in [0.1, 0.15) is 36.8 Å². The lowest BCUT2D eigenvalue weighted by Crippen LogP contribution is -2.18. The van der Waals surface area contributed by atoms with Crippen LogP contribution in [-0.2, 0) is 4.79 Å². The Balaban J connectivity index is 0.000000722. The predicted octanol–water partition coefficient (Wildman–Crippen LogP) is 3.59. The number of hydrogen-bond donors (Lipinski definition) is 4. The summed E-state index contributed by atoms with van der Waals surface area (Å²) in [6.07, 6.45) is 4.26. The zero-order chi connectivity index (χ0) is 29.7. The summed E-state index contributed by atoms with van der Waals surface area (Å²) in [5, 5.41) is 15.0. The molecule has 0 amide bonds. The van der Waals surface area contributed by atoms with E-state index in [1.54, 1.807) is 12.1 Å². The number of anilines is 1. The Morgan fingerprint density at radius 1 is 1.25 bits per heavy atom. The highest BCUT2D eigenvalue weighted by molar-refractivity contribution is 5.63. The minimum absolute atomic E-state index is 0.101. The van der Waals surface area contributed by atoms with Crippen molar-refractivity contribution in [3.05, 3.63) is 101 Å². The molecule has 0 aliphatic heterocycles. The highest BCUT2D eigenvalue weighted by atomic mass is 19.1. The Kier molecular flexibility index (Phi) is 11.8. The molecule has 13 heteroatoms. The van der Waals surface area contributed by atoms with E-state index in [4.69, 9.17) is 19.4 Å². The van der Waals surface area contributed by atoms with Crippen LogP contribution in [0, 0.1) is 12.7 Å². The number of H-pyrrole nitrogens is 1. The molecular weight excluding hydrogens is 521 g/mol. The van der Waals surface area contributed by atoms with Crippen molar-refractivity contribution < 1.29 is 23.8 Å². The smallest absolute Gasteiger partial charge is 0.350 e. The fraction of sp³-hybridized carbons (Fsp3) is 0.222. The molecule has 0 fully saturated rings. The van der Waals surface area contributed by atoms with Crippen molar-refractivity contribution >= 4 is 11.7 Å². The Morgan fingerprint density at radius 3 is 2.40 bits per heavy atom. The van der Waals surface area contributed by atoms with E-state index >= 15 is 4.39 Å². The van der Waals surface area contributed by atoms with Gasteiger partial charge in [-0.2, -0.15) is 0 Å². The topological polar surface area (TPSA) is 170 Å². The average molecular weight is 554 g/mol. The Labute approximate surface area is 230 Å². The molecule has 2 aromatic carbocycles. The van der Waals surface area contributed by atoms with E-state index in [0.29, 0.717) is 18.0 Å². The maximum atomic E-state index is 15.3. The number of carboxylic acid groups (broad SMARTS) is 1. The summed E-state index contributed by atoms with van der Waals surface area (Å²) in [4.78, 5) is 32.5. The largest absolute Gasteiger partial charge is 0.493 e. The van der Waals surface area contributed by atoms with Crippen molar-refractivity contribution in [3.63, 3.8) is 0 Å². The fourth-order valence-corrected chi connectivity index (χ4v) is 3.32. The number of methoxy groups -OCH3 is 1. The molecule has 2 aromatic heterocycles. The van der Waals surface area contributed by atoms with Gasteiger partial charge < -0.3 is 25.6 Å². The van der Waals surface area contributed by atoms with Gasteiger partial charge in [0.1, 0.15) is 11.9 Å². The molecular formula is C27H32FN7O5. The molecule has 1 atom stereocenters. The first kappa shape index (κ1) is 31.0. The highest BCUT2D eigenvalue weighted by Crippen LogP contribution is 2.35. The molecule has 0 saturated carbocycles. The molecule has 0 bridgehead atoms. The van der Waals surface area contributed by atoms with Crippen molar-refractivity contribution in [2.45, 2.75) is 26.8 Å². The summed E-state index contributed by atoms with van der Waals surface area (Å²) in [5.74, 6) is -0.459. The normalized spacial score (nSPS) is 10.6. The maximum absolute atomic E-state index is 15.3. The summed E-state index contributed by atoms with van der Waals surface area (Å²) < 4.78 is 27.2. The molecule has 4 aromatic rings. The molecule has 40 heavy (non-hydrogen) atoms. The number of ether oxygens (including phenoxy) is 2. The first-order chi connectivity index (χ1) is 19.1. The van der Waals surface area contributed by atoms with Crippen LogP contribution in [0.15, 0.2) is 72.4 Å². The zero-order valence-electron chi connectivity index (χ0n) is 22.6. The number of rotatable bonds is 8. The van der Waals surface area contributed by atoms with Gasteiger partial charge in [-0.1, -0.05) is 24.3 Å². The van der Waals surface area contributed by atoms with Crippen LogP contribution in [0.25, 0.3) is 5.95 Å². The van der Waals surface area contributed by atoms with Gasteiger partial charge in [-0.3, -0.25) is 9.78 Å². The number of halogens is 1. The first-order valence-corrected chi connectivity index (χ1v) is 12.0. The number of nitrogens with zero attached hydrogens (tertiary/aromatic N) is 4. The molecule has 0 saturated heterocycles. The number of carbonyl (C=O) groups is 1. The molecule has 1 unspecified atom stereocenters.